The van der Waals surface area contributed by atoms with Crippen molar-refractivity contribution in [3.8, 4) is 5.82 Å². The molecule has 0 unspecified atom stereocenters. The van der Waals surface area contributed by atoms with Gasteiger partial charge in [0.05, 0.1) is 11.8 Å². The standard InChI is InChI=1S/C12H8F3N5O/c1-7(21)8-6-18-20(10(8)12(13,14)15)9-2-3-16-11-17-4-5-19(9)11/h2-6H,1H3. The SMILES string of the molecule is CC(=O)c1cnn(-c2ccnc3nccn23)c1C(F)(F)F. The van der Waals surface area contributed by atoms with E-state index in [4.69, 9.17) is 0 Å². The molecule has 21 heavy (non-hydrogen) atoms. The van der Waals surface area contributed by atoms with Crippen LogP contribution in [-0.4, -0.2) is 29.9 Å². The van der Waals surface area contributed by atoms with Crippen LogP contribution in [0.2, 0.25) is 0 Å². The predicted molar refractivity (Wildman–Crippen MR) is 65.1 cm³/mol. The fourth-order valence-corrected chi connectivity index (χ4v) is 2.05. The molecule has 3 heterocycles. The molecule has 0 fully saturated rings. The van der Waals surface area contributed by atoms with E-state index < -0.39 is 23.2 Å². The quantitative estimate of drug-likeness (QED) is 0.679. The summed E-state index contributed by atoms with van der Waals surface area (Å²) >= 11 is 0. The zero-order valence-electron chi connectivity index (χ0n) is 10.7. The van der Waals surface area contributed by atoms with Gasteiger partial charge in [-0.05, 0) is 13.0 Å². The van der Waals surface area contributed by atoms with Crippen molar-refractivity contribution >= 4 is 11.6 Å². The minimum atomic E-state index is -4.71. The normalized spacial score (nSPS) is 12.0. The Hall–Kier alpha value is -2.71. The molecule has 0 aliphatic rings. The average molecular weight is 295 g/mol. The highest BCUT2D eigenvalue weighted by molar-refractivity contribution is 5.95. The first-order valence-electron chi connectivity index (χ1n) is 5.84. The van der Waals surface area contributed by atoms with Gasteiger partial charge in [0.2, 0.25) is 5.78 Å². The fourth-order valence-electron chi connectivity index (χ4n) is 2.05. The maximum absolute atomic E-state index is 13.3. The third-order valence-electron chi connectivity index (χ3n) is 2.92. The largest absolute Gasteiger partial charge is 0.434 e. The lowest BCUT2D eigenvalue weighted by Crippen LogP contribution is -2.18. The van der Waals surface area contributed by atoms with E-state index in [9.17, 15) is 18.0 Å². The molecule has 0 spiro atoms. The molecule has 0 amide bonds. The Labute approximate surface area is 115 Å². The summed E-state index contributed by atoms with van der Waals surface area (Å²) in [6.45, 7) is 1.07. The Morgan fingerprint density at radius 2 is 1.95 bits per heavy atom. The van der Waals surface area contributed by atoms with Gasteiger partial charge in [-0.15, -0.1) is 0 Å². The van der Waals surface area contributed by atoms with Gasteiger partial charge >= 0.3 is 6.18 Å². The maximum atomic E-state index is 13.3. The van der Waals surface area contributed by atoms with Crippen molar-refractivity contribution in [2.75, 3.05) is 0 Å². The molecule has 0 aliphatic heterocycles. The number of imidazole rings is 1. The van der Waals surface area contributed by atoms with E-state index >= 15 is 0 Å². The van der Waals surface area contributed by atoms with E-state index in [0.29, 0.717) is 4.68 Å². The lowest BCUT2D eigenvalue weighted by Gasteiger charge is -2.12. The molecule has 3 rings (SSSR count). The van der Waals surface area contributed by atoms with Gasteiger partial charge in [-0.25, -0.2) is 14.6 Å². The zero-order valence-corrected chi connectivity index (χ0v) is 10.7. The molecular formula is C12H8F3N5O. The first kappa shape index (κ1) is 13.3. The van der Waals surface area contributed by atoms with Crippen molar-refractivity contribution in [1.82, 2.24) is 24.1 Å². The molecule has 108 valence electrons. The first-order chi connectivity index (χ1) is 9.89. The number of halogens is 3. The van der Waals surface area contributed by atoms with Crippen LogP contribution in [0.4, 0.5) is 13.2 Å². The van der Waals surface area contributed by atoms with Crippen molar-refractivity contribution < 1.29 is 18.0 Å². The van der Waals surface area contributed by atoms with Crippen LogP contribution in [0.1, 0.15) is 23.0 Å². The van der Waals surface area contributed by atoms with Crippen LogP contribution in [-0.2, 0) is 6.18 Å². The average Bonchev–Trinajstić information content (AvgIpc) is 3.04. The minimum absolute atomic E-state index is 0.0947. The summed E-state index contributed by atoms with van der Waals surface area (Å²) in [6.07, 6.45) is 0.399. The van der Waals surface area contributed by atoms with Crippen LogP contribution >= 0.6 is 0 Å². The molecule has 0 saturated carbocycles. The predicted octanol–water partition coefficient (Wildman–Crippen LogP) is 2.14. The number of ketones is 1. The number of fused-ring (bicyclic) bond motifs is 1. The molecule has 0 aromatic carbocycles. The molecule has 3 aromatic heterocycles. The highest BCUT2D eigenvalue weighted by Crippen LogP contribution is 2.33. The van der Waals surface area contributed by atoms with Crippen LogP contribution in [0.25, 0.3) is 11.6 Å². The molecule has 0 atom stereocenters. The van der Waals surface area contributed by atoms with E-state index in [1.165, 1.54) is 29.1 Å². The smallest absolute Gasteiger partial charge is 0.294 e. The number of hydrogen-bond acceptors (Lipinski definition) is 4. The molecule has 0 N–H and O–H groups in total. The Morgan fingerprint density at radius 3 is 2.62 bits per heavy atom. The first-order valence-corrected chi connectivity index (χ1v) is 5.84. The molecule has 6 nitrogen and oxygen atoms in total. The molecule has 9 heteroatoms. The monoisotopic (exact) mass is 295 g/mol. The van der Waals surface area contributed by atoms with Crippen molar-refractivity contribution in [3.63, 3.8) is 0 Å². The van der Waals surface area contributed by atoms with E-state index in [2.05, 4.69) is 15.1 Å². The Balaban J connectivity index is 2.33. The van der Waals surface area contributed by atoms with Crippen molar-refractivity contribution in [2.24, 2.45) is 0 Å². The molecule has 0 aliphatic carbocycles. The second-order valence-electron chi connectivity index (χ2n) is 4.27. The van der Waals surface area contributed by atoms with Gasteiger partial charge in [-0.3, -0.25) is 9.20 Å². The topological polar surface area (TPSA) is 65.1 Å². The van der Waals surface area contributed by atoms with Crippen LogP contribution in [0.5, 0.6) is 0 Å². The summed E-state index contributed by atoms with van der Waals surface area (Å²) in [7, 11) is 0. The van der Waals surface area contributed by atoms with Gasteiger partial charge in [-0.1, -0.05) is 0 Å². The fraction of sp³-hybridized carbons (Fsp3) is 0.167. The highest BCUT2D eigenvalue weighted by atomic mass is 19.4. The van der Waals surface area contributed by atoms with E-state index in [-0.39, 0.29) is 11.6 Å². The molecular weight excluding hydrogens is 287 g/mol. The molecule has 0 bridgehead atoms. The summed E-state index contributed by atoms with van der Waals surface area (Å²) in [4.78, 5) is 19.2. The van der Waals surface area contributed by atoms with Crippen LogP contribution in [0.3, 0.4) is 0 Å². The Bertz CT molecular complexity index is 833. The Kier molecular flexibility index (Phi) is 2.78. The van der Waals surface area contributed by atoms with Gasteiger partial charge in [-0.2, -0.15) is 18.3 Å². The summed E-state index contributed by atoms with van der Waals surface area (Å²) in [5.74, 6) is -0.373. The van der Waals surface area contributed by atoms with Gasteiger partial charge in [0, 0.05) is 18.6 Å². The van der Waals surface area contributed by atoms with Crippen LogP contribution in [0.15, 0.2) is 30.9 Å². The number of Topliss-reactive ketones (excluding diaryl/α,β-unsaturated/α-hetero) is 1. The zero-order chi connectivity index (χ0) is 15.2. The number of nitrogens with zero attached hydrogens (tertiary/aromatic N) is 5. The third-order valence-corrected chi connectivity index (χ3v) is 2.92. The number of carbonyl (C=O) groups is 1. The van der Waals surface area contributed by atoms with Crippen LogP contribution in [0, 0.1) is 0 Å². The van der Waals surface area contributed by atoms with Gasteiger partial charge in [0.15, 0.2) is 11.5 Å². The second kappa shape index (κ2) is 4.40. The number of carbonyl (C=O) groups excluding carboxylic acids is 1. The minimum Gasteiger partial charge on any atom is -0.294 e. The van der Waals surface area contributed by atoms with Crippen molar-refractivity contribution in [3.05, 3.63) is 42.1 Å². The van der Waals surface area contributed by atoms with E-state index in [0.717, 1.165) is 13.1 Å². The summed E-state index contributed by atoms with van der Waals surface area (Å²) in [5.41, 5.74) is -1.59. The summed E-state index contributed by atoms with van der Waals surface area (Å²) < 4.78 is 41.8. The molecule has 3 aromatic rings. The molecule has 0 saturated heterocycles. The second-order valence-corrected chi connectivity index (χ2v) is 4.27. The lowest BCUT2D eigenvalue weighted by atomic mass is 10.2. The number of hydrogen-bond donors (Lipinski definition) is 0. The van der Waals surface area contributed by atoms with Crippen molar-refractivity contribution in [1.29, 1.82) is 0 Å². The van der Waals surface area contributed by atoms with Gasteiger partial charge in [0.1, 0.15) is 5.82 Å². The Morgan fingerprint density at radius 1 is 1.24 bits per heavy atom. The maximum Gasteiger partial charge on any atom is 0.434 e. The molecule has 0 radical (unpaired) electrons. The van der Waals surface area contributed by atoms with E-state index in [1.54, 1.807) is 0 Å². The third kappa shape index (κ3) is 2.06. The van der Waals surface area contributed by atoms with Crippen molar-refractivity contribution in [2.45, 2.75) is 13.1 Å². The van der Waals surface area contributed by atoms with Crippen LogP contribution < -0.4 is 0 Å². The summed E-state index contributed by atoms with van der Waals surface area (Å²) in [6, 6.07) is 1.36. The number of alkyl halides is 3. The highest BCUT2D eigenvalue weighted by Gasteiger charge is 2.40. The number of rotatable bonds is 2. The van der Waals surface area contributed by atoms with Gasteiger partial charge in [0.25, 0.3) is 0 Å². The van der Waals surface area contributed by atoms with E-state index in [1.807, 2.05) is 0 Å². The summed E-state index contributed by atoms with van der Waals surface area (Å²) in [5, 5.41) is 3.70. The lowest BCUT2D eigenvalue weighted by molar-refractivity contribution is -0.143. The van der Waals surface area contributed by atoms with Gasteiger partial charge < -0.3 is 0 Å². The number of aromatic nitrogens is 5.